The number of hydrogen-bond donors (Lipinski definition) is 1. The number of likely N-dealkylation sites (tertiary alicyclic amines) is 2. The second-order valence-corrected chi connectivity index (χ2v) is 5.87. The minimum atomic E-state index is -1.01. The Kier molecular flexibility index (Phi) is 4.32. The highest BCUT2D eigenvalue weighted by Gasteiger charge is 2.47. The zero-order valence-corrected chi connectivity index (χ0v) is 11.7. The fraction of sp³-hybridized carbons (Fsp3) is 0.857. The van der Waals surface area contributed by atoms with Gasteiger partial charge in [0.2, 0.25) is 0 Å². The standard InChI is InChI=1S/C14H24N2O3/c1-14(12(17)18)8-7-11-16(14)13(19)15-9-5-3-2-4-6-10-15/h2-11H2,1H3,(H,17,18). The van der Waals surface area contributed by atoms with Crippen LogP contribution >= 0.6 is 0 Å². The van der Waals surface area contributed by atoms with Gasteiger partial charge in [-0.2, -0.15) is 0 Å². The largest absolute Gasteiger partial charge is 0.480 e. The fourth-order valence-corrected chi connectivity index (χ4v) is 3.10. The summed E-state index contributed by atoms with van der Waals surface area (Å²) in [7, 11) is 0. The Morgan fingerprint density at radius 1 is 0.947 bits per heavy atom. The fourth-order valence-electron chi connectivity index (χ4n) is 3.10. The van der Waals surface area contributed by atoms with E-state index in [-0.39, 0.29) is 6.03 Å². The van der Waals surface area contributed by atoms with Crippen LogP contribution < -0.4 is 0 Å². The molecule has 0 aliphatic carbocycles. The van der Waals surface area contributed by atoms with E-state index in [1.54, 1.807) is 11.8 Å². The molecule has 0 aromatic carbocycles. The second kappa shape index (κ2) is 5.80. The molecule has 108 valence electrons. The molecular weight excluding hydrogens is 244 g/mol. The van der Waals surface area contributed by atoms with Crippen molar-refractivity contribution in [3.8, 4) is 0 Å². The summed E-state index contributed by atoms with van der Waals surface area (Å²) < 4.78 is 0. The van der Waals surface area contributed by atoms with Crippen LogP contribution in [-0.4, -0.2) is 52.1 Å². The van der Waals surface area contributed by atoms with Gasteiger partial charge in [0.1, 0.15) is 5.54 Å². The number of rotatable bonds is 1. The average Bonchev–Trinajstić information content (AvgIpc) is 2.71. The van der Waals surface area contributed by atoms with Crippen molar-refractivity contribution in [2.45, 2.75) is 57.4 Å². The summed E-state index contributed by atoms with van der Waals surface area (Å²) in [5.41, 5.74) is -1.01. The van der Waals surface area contributed by atoms with Crippen molar-refractivity contribution < 1.29 is 14.7 Å². The molecule has 0 radical (unpaired) electrons. The number of carbonyl (C=O) groups excluding carboxylic acids is 1. The molecule has 0 bridgehead atoms. The highest BCUT2D eigenvalue weighted by atomic mass is 16.4. The van der Waals surface area contributed by atoms with Crippen molar-refractivity contribution in [2.75, 3.05) is 19.6 Å². The Balaban J connectivity index is 2.07. The number of carboxylic acid groups (broad SMARTS) is 1. The first kappa shape index (κ1) is 14.2. The molecule has 0 saturated carbocycles. The van der Waals surface area contributed by atoms with E-state index in [0.29, 0.717) is 13.0 Å². The predicted octanol–water partition coefficient (Wildman–Crippen LogP) is 2.31. The van der Waals surface area contributed by atoms with Gasteiger partial charge in [0, 0.05) is 19.6 Å². The first-order chi connectivity index (χ1) is 9.05. The van der Waals surface area contributed by atoms with E-state index in [2.05, 4.69) is 0 Å². The summed E-state index contributed by atoms with van der Waals surface area (Å²) in [5.74, 6) is -0.884. The molecule has 2 saturated heterocycles. The van der Waals surface area contributed by atoms with E-state index >= 15 is 0 Å². The van der Waals surface area contributed by atoms with Gasteiger partial charge < -0.3 is 14.9 Å². The highest BCUT2D eigenvalue weighted by molar-refractivity contribution is 5.86. The van der Waals surface area contributed by atoms with Gasteiger partial charge in [0.05, 0.1) is 0 Å². The zero-order valence-electron chi connectivity index (χ0n) is 11.7. The molecule has 19 heavy (non-hydrogen) atoms. The minimum Gasteiger partial charge on any atom is -0.480 e. The summed E-state index contributed by atoms with van der Waals surface area (Å²) in [6, 6.07) is -0.0794. The Morgan fingerprint density at radius 2 is 1.53 bits per heavy atom. The van der Waals surface area contributed by atoms with Crippen molar-refractivity contribution in [2.24, 2.45) is 0 Å². The molecule has 2 rings (SSSR count). The van der Waals surface area contributed by atoms with Gasteiger partial charge in [-0.25, -0.2) is 9.59 Å². The Morgan fingerprint density at radius 3 is 2.11 bits per heavy atom. The Bertz CT molecular complexity index is 351. The third-order valence-corrected chi connectivity index (χ3v) is 4.46. The first-order valence-corrected chi connectivity index (χ1v) is 7.35. The SMILES string of the molecule is CC1(C(=O)O)CCCN1C(=O)N1CCCCCCC1. The molecule has 2 fully saturated rings. The lowest BCUT2D eigenvalue weighted by molar-refractivity contribution is -0.147. The van der Waals surface area contributed by atoms with Crippen molar-refractivity contribution in [1.29, 1.82) is 0 Å². The Hall–Kier alpha value is -1.26. The number of hydrogen-bond acceptors (Lipinski definition) is 2. The maximum atomic E-state index is 12.6. The smallest absolute Gasteiger partial charge is 0.329 e. The van der Waals surface area contributed by atoms with Gasteiger partial charge >= 0.3 is 12.0 Å². The van der Waals surface area contributed by atoms with Gasteiger partial charge in [-0.05, 0) is 32.6 Å². The van der Waals surface area contributed by atoms with Crippen molar-refractivity contribution in [3.63, 3.8) is 0 Å². The number of carbonyl (C=O) groups is 2. The molecule has 0 aromatic rings. The monoisotopic (exact) mass is 268 g/mol. The molecule has 0 aromatic heterocycles. The minimum absolute atomic E-state index is 0.0794. The summed E-state index contributed by atoms with van der Waals surface area (Å²) >= 11 is 0. The Labute approximate surface area is 114 Å². The first-order valence-electron chi connectivity index (χ1n) is 7.35. The number of urea groups is 1. The molecule has 5 heteroatoms. The number of nitrogens with zero attached hydrogens (tertiary/aromatic N) is 2. The van der Waals surface area contributed by atoms with Crippen LogP contribution in [0, 0.1) is 0 Å². The third kappa shape index (κ3) is 2.85. The van der Waals surface area contributed by atoms with E-state index in [4.69, 9.17) is 0 Å². The quantitative estimate of drug-likeness (QED) is 0.794. The summed E-state index contributed by atoms with van der Waals surface area (Å²) in [6.45, 7) is 3.78. The van der Waals surface area contributed by atoms with Crippen LogP contribution in [0.1, 0.15) is 51.9 Å². The average molecular weight is 268 g/mol. The topological polar surface area (TPSA) is 60.9 Å². The predicted molar refractivity (Wildman–Crippen MR) is 72.0 cm³/mol. The zero-order chi connectivity index (χ0) is 13.9. The molecular formula is C14H24N2O3. The van der Waals surface area contributed by atoms with E-state index in [0.717, 1.165) is 32.4 Å². The van der Waals surface area contributed by atoms with Gasteiger partial charge in [-0.1, -0.05) is 19.3 Å². The molecule has 0 spiro atoms. The normalized spacial score (nSPS) is 28.9. The number of aliphatic carboxylic acids is 1. The van der Waals surface area contributed by atoms with E-state index in [1.807, 2.05) is 4.90 Å². The molecule has 2 aliphatic heterocycles. The molecule has 1 unspecified atom stereocenters. The number of carboxylic acids is 1. The van der Waals surface area contributed by atoms with Gasteiger partial charge in [0.25, 0.3) is 0 Å². The van der Waals surface area contributed by atoms with Crippen LogP contribution in [0.15, 0.2) is 0 Å². The van der Waals surface area contributed by atoms with Crippen molar-refractivity contribution >= 4 is 12.0 Å². The summed E-state index contributed by atoms with van der Waals surface area (Å²) in [6.07, 6.45) is 6.98. The molecule has 2 aliphatic rings. The lowest BCUT2D eigenvalue weighted by Gasteiger charge is -2.36. The van der Waals surface area contributed by atoms with Gasteiger partial charge in [0.15, 0.2) is 0 Å². The van der Waals surface area contributed by atoms with Crippen LogP contribution in [0.3, 0.4) is 0 Å². The van der Waals surface area contributed by atoms with Crippen molar-refractivity contribution in [1.82, 2.24) is 9.80 Å². The summed E-state index contributed by atoms with van der Waals surface area (Å²) in [4.78, 5) is 27.4. The molecule has 2 heterocycles. The van der Waals surface area contributed by atoms with Crippen LogP contribution in [0.4, 0.5) is 4.79 Å². The summed E-state index contributed by atoms with van der Waals surface area (Å²) in [5, 5.41) is 9.38. The number of amides is 2. The second-order valence-electron chi connectivity index (χ2n) is 5.87. The maximum Gasteiger partial charge on any atom is 0.329 e. The lowest BCUT2D eigenvalue weighted by Crippen LogP contribution is -2.55. The molecule has 2 amide bonds. The van der Waals surface area contributed by atoms with Crippen LogP contribution in [0.5, 0.6) is 0 Å². The highest BCUT2D eigenvalue weighted by Crippen LogP contribution is 2.30. The maximum absolute atomic E-state index is 12.6. The van der Waals surface area contributed by atoms with Crippen LogP contribution in [-0.2, 0) is 4.79 Å². The molecule has 1 atom stereocenters. The molecule has 5 nitrogen and oxygen atoms in total. The van der Waals surface area contributed by atoms with E-state index in [1.165, 1.54) is 19.3 Å². The lowest BCUT2D eigenvalue weighted by atomic mass is 9.99. The van der Waals surface area contributed by atoms with Crippen LogP contribution in [0.2, 0.25) is 0 Å². The van der Waals surface area contributed by atoms with Gasteiger partial charge in [-0.15, -0.1) is 0 Å². The van der Waals surface area contributed by atoms with E-state index in [9.17, 15) is 14.7 Å². The third-order valence-electron chi connectivity index (χ3n) is 4.46. The van der Waals surface area contributed by atoms with Crippen molar-refractivity contribution in [3.05, 3.63) is 0 Å². The van der Waals surface area contributed by atoms with E-state index < -0.39 is 11.5 Å². The molecule has 1 N–H and O–H groups in total. The van der Waals surface area contributed by atoms with Gasteiger partial charge in [-0.3, -0.25) is 0 Å². The van der Waals surface area contributed by atoms with Crippen LogP contribution in [0.25, 0.3) is 0 Å².